The van der Waals surface area contributed by atoms with E-state index in [0.717, 1.165) is 37.6 Å². The molecule has 9 rings (SSSR count). The molecule has 4 fully saturated rings. The minimum atomic E-state index is -0.947. The van der Waals surface area contributed by atoms with Crippen molar-refractivity contribution in [1.82, 2.24) is 24.8 Å². The van der Waals surface area contributed by atoms with E-state index in [1.165, 1.54) is 0 Å². The summed E-state index contributed by atoms with van der Waals surface area (Å²) >= 11 is 0. The molecule has 0 radical (unpaired) electrons. The fraction of sp³-hybridized carbons (Fsp3) is 0.548. The zero-order valence-corrected chi connectivity index (χ0v) is 32.7. The molecule has 2 bridgehead atoms. The number of anilines is 1. The Morgan fingerprint density at radius 1 is 1.02 bits per heavy atom. The van der Waals surface area contributed by atoms with Gasteiger partial charge in [-0.05, 0) is 96.7 Å². The van der Waals surface area contributed by atoms with Gasteiger partial charge in [0.15, 0.2) is 5.82 Å². The molecule has 296 valence electrons. The number of carbonyl (C=O) groups is 2. The van der Waals surface area contributed by atoms with Crippen LogP contribution in [0.2, 0.25) is 0 Å². The van der Waals surface area contributed by atoms with Crippen LogP contribution in [0.25, 0.3) is 32.9 Å². The number of aromatic nitrogens is 3. The molecule has 7 heterocycles. The standard InChI is InChI=1S/C42H48F2N6O6/c1-40(2,3)37(51)55-26-16-23-10-7-8-11-27(23)28(17-26)33-32(44)34-31-35(47-38(46-34)54-22-42-14-9-15-48(42)19-24(43)18-42)49-20-25-12-13-29(30(49)21-53-36(31)45-33)50(25)39(52)56-41(4,5)6/h7-8,10-11,16-17,24-25,29-30H,9,12-15,18-22H2,1-6H3/t24-,25-,29+,30-,42+/m1/s1. The fourth-order valence-corrected chi connectivity index (χ4v) is 9.35. The SMILES string of the molecule is CC(C)(C)OC(=O)N1[C@@H]2CC[C@H]1[C@H]1COc3nc(-c4cc(OC(=O)C(C)(C)C)cc5ccccc45)c(F)c4nc(OC[C@@]56CCCN5C[C@H](F)C6)nc(c34)N1C2. The molecule has 5 atom stereocenters. The number of amides is 1. The molecule has 0 saturated carbocycles. The normalized spacial score (nSPS) is 25.9. The van der Waals surface area contributed by atoms with Crippen molar-refractivity contribution in [1.29, 1.82) is 0 Å². The van der Waals surface area contributed by atoms with Gasteiger partial charge in [0.25, 0.3) is 0 Å². The summed E-state index contributed by atoms with van der Waals surface area (Å²) in [6.07, 6.45) is 2.25. The van der Waals surface area contributed by atoms with Gasteiger partial charge in [-0.3, -0.25) is 14.6 Å². The number of fused-ring (bicyclic) bond motifs is 7. The highest BCUT2D eigenvalue weighted by molar-refractivity contribution is 6.02. The average molecular weight is 771 g/mol. The number of halogens is 2. The van der Waals surface area contributed by atoms with Gasteiger partial charge in [0.05, 0.1) is 29.1 Å². The van der Waals surface area contributed by atoms with Crippen LogP contribution in [0.3, 0.4) is 0 Å². The van der Waals surface area contributed by atoms with Gasteiger partial charge in [0.1, 0.15) is 53.2 Å². The molecule has 0 spiro atoms. The highest BCUT2D eigenvalue weighted by Crippen LogP contribution is 2.47. The number of nitrogens with zero attached hydrogens (tertiary/aromatic N) is 6. The van der Waals surface area contributed by atoms with E-state index < -0.39 is 34.5 Å². The second-order valence-corrected chi connectivity index (χ2v) is 18.0. The van der Waals surface area contributed by atoms with E-state index in [1.54, 1.807) is 32.9 Å². The lowest BCUT2D eigenvalue weighted by Gasteiger charge is -2.46. The van der Waals surface area contributed by atoms with E-state index in [4.69, 9.17) is 33.9 Å². The molecular weight excluding hydrogens is 722 g/mol. The monoisotopic (exact) mass is 770 g/mol. The Morgan fingerprint density at radius 3 is 2.61 bits per heavy atom. The first-order chi connectivity index (χ1) is 26.6. The minimum Gasteiger partial charge on any atom is -0.475 e. The Balaban J connectivity index is 1.18. The third-order valence-corrected chi connectivity index (χ3v) is 11.9. The maximum absolute atomic E-state index is 17.5. The summed E-state index contributed by atoms with van der Waals surface area (Å²) in [5.41, 5.74) is -1.62. The van der Waals surface area contributed by atoms with E-state index in [9.17, 15) is 14.0 Å². The van der Waals surface area contributed by atoms with Crippen LogP contribution in [0, 0.1) is 11.2 Å². The van der Waals surface area contributed by atoms with Crippen LogP contribution in [-0.2, 0) is 9.53 Å². The van der Waals surface area contributed by atoms with Gasteiger partial charge in [0.2, 0.25) is 5.88 Å². The van der Waals surface area contributed by atoms with Crippen LogP contribution in [0.15, 0.2) is 36.4 Å². The number of hydrogen-bond donors (Lipinski definition) is 0. The molecule has 0 aliphatic carbocycles. The fourth-order valence-electron chi connectivity index (χ4n) is 9.35. The van der Waals surface area contributed by atoms with Crippen molar-refractivity contribution in [2.45, 2.75) is 109 Å². The molecule has 12 nitrogen and oxygen atoms in total. The van der Waals surface area contributed by atoms with Gasteiger partial charge in [0, 0.05) is 25.1 Å². The number of hydrogen-bond acceptors (Lipinski definition) is 11. The Bertz CT molecular complexity index is 2260. The summed E-state index contributed by atoms with van der Waals surface area (Å²) in [6.45, 7) is 12.7. The molecule has 0 unspecified atom stereocenters. The van der Waals surface area contributed by atoms with Crippen LogP contribution in [0.4, 0.5) is 19.4 Å². The Hall–Kier alpha value is -4.85. The molecule has 5 aliphatic rings. The molecule has 56 heavy (non-hydrogen) atoms. The molecular formula is C42H48F2N6O6. The van der Waals surface area contributed by atoms with Crippen molar-refractivity contribution in [3.05, 3.63) is 42.2 Å². The third-order valence-electron chi connectivity index (χ3n) is 11.9. The predicted octanol–water partition coefficient (Wildman–Crippen LogP) is 7.24. The first-order valence-corrected chi connectivity index (χ1v) is 19.7. The van der Waals surface area contributed by atoms with Gasteiger partial charge in [-0.2, -0.15) is 9.97 Å². The zero-order chi connectivity index (χ0) is 39.3. The lowest BCUT2D eigenvalue weighted by atomic mass is 9.95. The maximum Gasteiger partial charge on any atom is 0.410 e. The van der Waals surface area contributed by atoms with Gasteiger partial charge < -0.3 is 23.8 Å². The Kier molecular flexibility index (Phi) is 8.60. The van der Waals surface area contributed by atoms with Crippen LogP contribution >= 0.6 is 0 Å². The molecule has 1 amide bonds. The predicted molar refractivity (Wildman–Crippen MR) is 205 cm³/mol. The first-order valence-electron chi connectivity index (χ1n) is 19.7. The van der Waals surface area contributed by atoms with Crippen molar-refractivity contribution < 1.29 is 37.3 Å². The molecule has 4 saturated heterocycles. The summed E-state index contributed by atoms with van der Waals surface area (Å²) in [4.78, 5) is 47.2. The van der Waals surface area contributed by atoms with E-state index in [2.05, 4.69) is 9.80 Å². The summed E-state index contributed by atoms with van der Waals surface area (Å²) in [5, 5.41) is 1.71. The number of rotatable bonds is 5. The van der Waals surface area contributed by atoms with Crippen LogP contribution in [0.1, 0.15) is 73.6 Å². The van der Waals surface area contributed by atoms with Crippen LogP contribution in [-0.4, -0.2) is 105 Å². The largest absolute Gasteiger partial charge is 0.475 e. The molecule has 2 aromatic heterocycles. The number of carbonyl (C=O) groups excluding carboxylic acids is 2. The highest BCUT2D eigenvalue weighted by atomic mass is 19.1. The highest BCUT2D eigenvalue weighted by Gasteiger charge is 2.52. The second kappa shape index (κ2) is 13.1. The van der Waals surface area contributed by atoms with Crippen molar-refractivity contribution >= 4 is 39.6 Å². The third kappa shape index (κ3) is 6.24. The lowest BCUT2D eigenvalue weighted by molar-refractivity contribution is -0.142. The van der Waals surface area contributed by atoms with Crippen LogP contribution < -0.4 is 19.1 Å². The van der Waals surface area contributed by atoms with Crippen LogP contribution in [0.5, 0.6) is 17.6 Å². The second-order valence-electron chi connectivity index (χ2n) is 18.0. The summed E-state index contributed by atoms with van der Waals surface area (Å²) in [5.74, 6) is -0.353. The quantitative estimate of drug-likeness (QED) is 0.151. The number of ether oxygens (including phenoxy) is 4. The number of benzene rings is 2. The molecule has 4 aromatic rings. The Labute approximate surface area is 324 Å². The number of esters is 1. The summed E-state index contributed by atoms with van der Waals surface area (Å²) in [7, 11) is 0. The number of pyridine rings is 1. The van der Waals surface area contributed by atoms with E-state index in [1.807, 2.05) is 49.9 Å². The smallest absolute Gasteiger partial charge is 0.410 e. The van der Waals surface area contributed by atoms with E-state index in [-0.39, 0.29) is 66.3 Å². The first kappa shape index (κ1) is 36.8. The lowest BCUT2D eigenvalue weighted by Crippen LogP contribution is -2.63. The maximum atomic E-state index is 17.5. The average Bonchev–Trinajstić information content (AvgIpc) is 3.74. The van der Waals surface area contributed by atoms with E-state index in [0.29, 0.717) is 41.7 Å². The van der Waals surface area contributed by atoms with Crippen molar-refractivity contribution in [2.24, 2.45) is 5.41 Å². The van der Waals surface area contributed by atoms with Gasteiger partial charge in [-0.1, -0.05) is 24.3 Å². The van der Waals surface area contributed by atoms with Crippen molar-refractivity contribution in [2.75, 3.05) is 37.7 Å². The minimum absolute atomic E-state index is 0.0293. The summed E-state index contributed by atoms with van der Waals surface area (Å²) < 4.78 is 56.9. The van der Waals surface area contributed by atoms with E-state index >= 15 is 4.39 Å². The molecule has 0 N–H and O–H groups in total. The van der Waals surface area contributed by atoms with Gasteiger partial charge in [-0.25, -0.2) is 18.6 Å². The number of alkyl halides is 1. The Morgan fingerprint density at radius 2 is 1.82 bits per heavy atom. The molecule has 14 heteroatoms. The summed E-state index contributed by atoms with van der Waals surface area (Å²) in [6, 6.07) is 9.98. The van der Waals surface area contributed by atoms with Crippen molar-refractivity contribution in [3.63, 3.8) is 0 Å². The van der Waals surface area contributed by atoms with Crippen molar-refractivity contribution in [3.8, 4) is 28.9 Å². The molecule has 2 aromatic carbocycles. The zero-order valence-electron chi connectivity index (χ0n) is 32.7. The van der Waals surface area contributed by atoms with Gasteiger partial charge >= 0.3 is 18.1 Å². The topological polar surface area (TPSA) is 119 Å². The number of piperazine rings is 1. The van der Waals surface area contributed by atoms with Gasteiger partial charge in [-0.15, -0.1) is 0 Å². The molecule has 5 aliphatic heterocycles.